The second kappa shape index (κ2) is 8.21. The summed E-state index contributed by atoms with van der Waals surface area (Å²) in [6, 6.07) is 10.0. The molecule has 1 saturated heterocycles. The summed E-state index contributed by atoms with van der Waals surface area (Å²) >= 11 is 0. The van der Waals surface area contributed by atoms with Gasteiger partial charge in [0, 0.05) is 31.9 Å². The van der Waals surface area contributed by atoms with E-state index in [-0.39, 0.29) is 5.91 Å². The summed E-state index contributed by atoms with van der Waals surface area (Å²) in [6.07, 6.45) is 8.54. The fourth-order valence-electron chi connectivity index (χ4n) is 3.32. The molecule has 2 aromatic heterocycles. The highest BCUT2D eigenvalue weighted by Crippen LogP contribution is 2.19. The first-order valence-electron chi connectivity index (χ1n) is 9.64. The first kappa shape index (κ1) is 18.2. The van der Waals surface area contributed by atoms with Crippen LogP contribution in [0, 0.1) is 6.92 Å². The quantitative estimate of drug-likeness (QED) is 0.741. The van der Waals surface area contributed by atoms with Crippen molar-refractivity contribution in [2.45, 2.75) is 32.7 Å². The minimum Gasteiger partial charge on any atom is -0.356 e. The van der Waals surface area contributed by atoms with Crippen molar-refractivity contribution in [3.05, 3.63) is 66.0 Å². The number of piperidine rings is 1. The average molecular weight is 376 g/mol. The van der Waals surface area contributed by atoms with Gasteiger partial charge in [0.15, 0.2) is 0 Å². The third-order valence-electron chi connectivity index (χ3n) is 4.97. The van der Waals surface area contributed by atoms with Gasteiger partial charge in [0.1, 0.15) is 30.0 Å². The molecule has 3 aromatic rings. The van der Waals surface area contributed by atoms with E-state index in [1.807, 2.05) is 37.3 Å². The maximum atomic E-state index is 12.4. The number of carbonyl (C=O) groups is 1. The molecule has 0 radical (unpaired) electrons. The number of carbonyl (C=O) groups excluding carboxylic acids is 1. The lowest BCUT2D eigenvalue weighted by Gasteiger charge is -2.27. The third kappa shape index (κ3) is 4.19. The van der Waals surface area contributed by atoms with E-state index in [4.69, 9.17) is 0 Å². The molecule has 4 rings (SSSR count). The summed E-state index contributed by atoms with van der Waals surface area (Å²) in [5.74, 6) is 1.43. The maximum Gasteiger partial charge on any atom is 0.271 e. The molecule has 1 aromatic carbocycles. The van der Waals surface area contributed by atoms with Gasteiger partial charge in [-0.25, -0.2) is 15.0 Å². The van der Waals surface area contributed by atoms with E-state index < -0.39 is 0 Å². The summed E-state index contributed by atoms with van der Waals surface area (Å²) in [5, 5.41) is 2.91. The third-order valence-corrected chi connectivity index (χ3v) is 4.97. The van der Waals surface area contributed by atoms with E-state index in [1.165, 1.54) is 24.8 Å². The van der Waals surface area contributed by atoms with Crippen LogP contribution in [0.15, 0.2) is 49.2 Å². The topological polar surface area (TPSA) is 75.9 Å². The molecule has 0 atom stereocenters. The van der Waals surface area contributed by atoms with Gasteiger partial charge in [-0.05, 0) is 31.7 Å². The Morgan fingerprint density at radius 3 is 2.57 bits per heavy atom. The van der Waals surface area contributed by atoms with Gasteiger partial charge in [-0.3, -0.25) is 9.36 Å². The normalized spacial score (nSPS) is 14.1. The first-order chi connectivity index (χ1) is 13.7. The lowest BCUT2D eigenvalue weighted by Crippen LogP contribution is -2.30. The Kier molecular flexibility index (Phi) is 5.32. The zero-order valence-corrected chi connectivity index (χ0v) is 16.0. The van der Waals surface area contributed by atoms with Crippen molar-refractivity contribution < 1.29 is 4.79 Å². The number of hydrogen-bond donors (Lipinski definition) is 1. The van der Waals surface area contributed by atoms with Crippen LogP contribution >= 0.6 is 0 Å². The molecule has 1 aliphatic rings. The standard InChI is InChI=1S/C21H24N6O/c1-16-5-7-17(8-6-16)12-22-21(28)18-13-27(15-25-18)20-11-19(23-14-24-20)26-9-3-2-4-10-26/h5-8,11,13-15H,2-4,9-10,12H2,1H3,(H,22,28). The molecule has 1 aliphatic heterocycles. The number of rotatable bonds is 5. The van der Waals surface area contributed by atoms with E-state index in [1.54, 1.807) is 23.4 Å². The molecule has 0 spiro atoms. The highest BCUT2D eigenvalue weighted by molar-refractivity contribution is 5.92. The minimum absolute atomic E-state index is 0.204. The molecule has 0 saturated carbocycles. The fraction of sp³-hybridized carbons (Fsp3) is 0.333. The molecule has 28 heavy (non-hydrogen) atoms. The molecule has 0 bridgehead atoms. The SMILES string of the molecule is Cc1ccc(CNC(=O)c2cn(-c3cc(N4CCCCC4)ncn3)cn2)cc1. The van der Waals surface area contributed by atoms with Crippen molar-refractivity contribution in [2.24, 2.45) is 0 Å². The summed E-state index contributed by atoms with van der Waals surface area (Å²) < 4.78 is 1.76. The number of nitrogens with zero attached hydrogens (tertiary/aromatic N) is 5. The maximum absolute atomic E-state index is 12.4. The summed E-state index contributed by atoms with van der Waals surface area (Å²) in [4.78, 5) is 27.7. The van der Waals surface area contributed by atoms with Gasteiger partial charge in [-0.1, -0.05) is 29.8 Å². The van der Waals surface area contributed by atoms with Crippen molar-refractivity contribution >= 4 is 11.7 Å². The molecule has 1 amide bonds. The first-order valence-corrected chi connectivity index (χ1v) is 9.64. The van der Waals surface area contributed by atoms with Crippen molar-refractivity contribution in [1.82, 2.24) is 24.8 Å². The zero-order valence-electron chi connectivity index (χ0n) is 16.0. The summed E-state index contributed by atoms with van der Waals surface area (Å²) in [6.45, 7) is 4.55. The Balaban J connectivity index is 1.43. The lowest BCUT2D eigenvalue weighted by molar-refractivity contribution is 0.0946. The summed E-state index contributed by atoms with van der Waals surface area (Å²) in [7, 11) is 0. The Bertz CT molecular complexity index is 944. The van der Waals surface area contributed by atoms with Crippen LogP contribution in [0.1, 0.15) is 40.9 Å². The monoisotopic (exact) mass is 376 g/mol. The van der Waals surface area contributed by atoms with Crippen molar-refractivity contribution in [2.75, 3.05) is 18.0 Å². The van der Waals surface area contributed by atoms with Crippen LogP contribution in [-0.2, 0) is 6.54 Å². The highest BCUT2D eigenvalue weighted by Gasteiger charge is 2.14. The number of benzene rings is 1. The second-order valence-corrected chi connectivity index (χ2v) is 7.12. The van der Waals surface area contributed by atoms with Gasteiger partial charge >= 0.3 is 0 Å². The van der Waals surface area contributed by atoms with Crippen LogP contribution in [0.3, 0.4) is 0 Å². The molecule has 7 nitrogen and oxygen atoms in total. The molecule has 0 aliphatic carbocycles. The molecule has 144 valence electrons. The molecule has 1 fully saturated rings. The number of anilines is 1. The van der Waals surface area contributed by atoms with E-state index >= 15 is 0 Å². The molecule has 7 heteroatoms. The largest absolute Gasteiger partial charge is 0.356 e. The number of aryl methyl sites for hydroxylation is 1. The Hall–Kier alpha value is -3.22. The van der Waals surface area contributed by atoms with Gasteiger partial charge in [-0.15, -0.1) is 0 Å². The van der Waals surface area contributed by atoms with Gasteiger partial charge in [0.25, 0.3) is 5.91 Å². The second-order valence-electron chi connectivity index (χ2n) is 7.12. The number of aromatic nitrogens is 4. The van der Waals surface area contributed by atoms with Crippen molar-refractivity contribution in [1.29, 1.82) is 0 Å². The van der Waals surface area contributed by atoms with Crippen LogP contribution in [0.25, 0.3) is 5.82 Å². The molecule has 0 unspecified atom stereocenters. The van der Waals surface area contributed by atoms with E-state index in [0.29, 0.717) is 18.1 Å². The van der Waals surface area contributed by atoms with Crippen LogP contribution < -0.4 is 10.2 Å². The smallest absolute Gasteiger partial charge is 0.271 e. The van der Waals surface area contributed by atoms with Gasteiger partial charge in [-0.2, -0.15) is 0 Å². The Labute approximate surface area is 164 Å². The van der Waals surface area contributed by atoms with Crippen LogP contribution in [0.2, 0.25) is 0 Å². The zero-order chi connectivity index (χ0) is 19.3. The number of amides is 1. The van der Waals surface area contributed by atoms with Crippen LogP contribution in [0.5, 0.6) is 0 Å². The number of nitrogens with one attached hydrogen (secondary N) is 1. The predicted octanol–water partition coefficient (Wildman–Crippen LogP) is 2.89. The molecule has 3 heterocycles. The molecule has 1 N–H and O–H groups in total. The van der Waals surface area contributed by atoms with E-state index in [2.05, 4.69) is 25.2 Å². The van der Waals surface area contributed by atoms with Gasteiger partial charge in [0.05, 0.1) is 0 Å². The highest BCUT2D eigenvalue weighted by atomic mass is 16.1. The fourth-order valence-corrected chi connectivity index (χ4v) is 3.32. The van der Waals surface area contributed by atoms with Crippen molar-refractivity contribution in [3.63, 3.8) is 0 Å². The molecular weight excluding hydrogens is 352 g/mol. The average Bonchev–Trinajstić information content (AvgIpc) is 3.24. The van der Waals surface area contributed by atoms with Crippen molar-refractivity contribution in [3.8, 4) is 5.82 Å². The number of imidazole rings is 1. The summed E-state index contributed by atoms with van der Waals surface area (Å²) in [5.41, 5.74) is 2.62. The Morgan fingerprint density at radius 1 is 1.04 bits per heavy atom. The van der Waals surface area contributed by atoms with Crippen LogP contribution in [0.4, 0.5) is 5.82 Å². The van der Waals surface area contributed by atoms with E-state index in [0.717, 1.165) is 24.5 Å². The number of hydrogen-bond acceptors (Lipinski definition) is 5. The predicted molar refractivity (Wildman–Crippen MR) is 108 cm³/mol. The van der Waals surface area contributed by atoms with E-state index in [9.17, 15) is 4.79 Å². The minimum atomic E-state index is -0.204. The van der Waals surface area contributed by atoms with Crippen LogP contribution in [-0.4, -0.2) is 38.5 Å². The van der Waals surface area contributed by atoms with Gasteiger partial charge < -0.3 is 10.2 Å². The Morgan fingerprint density at radius 2 is 1.79 bits per heavy atom. The molecular formula is C21H24N6O. The van der Waals surface area contributed by atoms with Gasteiger partial charge in [0.2, 0.25) is 0 Å². The lowest BCUT2D eigenvalue weighted by atomic mass is 10.1.